The van der Waals surface area contributed by atoms with Gasteiger partial charge in [0, 0.05) is 24.4 Å². The summed E-state index contributed by atoms with van der Waals surface area (Å²) in [6.07, 6.45) is 2.89. The fourth-order valence-electron chi connectivity index (χ4n) is 2.80. The molecule has 0 aromatic rings. The van der Waals surface area contributed by atoms with Gasteiger partial charge in [-0.15, -0.1) is 0 Å². The van der Waals surface area contributed by atoms with E-state index in [2.05, 4.69) is 32.4 Å². The number of Topliss-reactive ketones (excluding diaryl/α,β-unsaturated/α-hetero) is 1. The predicted octanol–water partition coefficient (Wildman–Crippen LogP) is 4.64. The van der Waals surface area contributed by atoms with E-state index >= 15 is 0 Å². The molecular formula is C17H29O4P. The van der Waals surface area contributed by atoms with Gasteiger partial charge >= 0.3 is 7.60 Å². The Kier molecular flexibility index (Phi) is 7.32. The average Bonchev–Trinajstić information content (AvgIpc) is 2.40. The number of hydrogen-bond donors (Lipinski definition) is 0. The second kappa shape index (κ2) is 8.29. The standard InChI is InChI=1S/C17H29O4P/c1-6-20-22(19,21-7-2)12-8-9-14-13-15(17(3,4)5)10-11-16(14)18/h14-15H,6-7,9-11,13H2,1-5H3. The predicted molar refractivity (Wildman–Crippen MR) is 88.5 cm³/mol. The summed E-state index contributed by atoms with van der Waals surface area (Å²) in [6.45, 7) is 10.7. The van der Waals surface area contributed by atoms with E-state index in [1.165, 1.54) is 0 Å². The van der Waals surface area contributed by atoms with E-state index in [-0.39, 0.29) is 17.1 Å². The first-order chi connectivity index (χ1) is 10.2. The van der Waals surface area contributed by atoms with Crippen molar-refractivity contribution in [2.75, 3.05) is 13.2 Å². The second-order valence-corrected chi connectivity index (χ2v) is 8.56. The average molecular weight is 328 g/mol. The Morgan fingerprint density at radius 2 is 1.82 bits per heavy atom. The van der Waals surface area contributed by atoms with Crippen LogP contribution in [0.5, 0.6) is 0 Å². The lowest BCUT2D eigenvalue weighted by atomic mass is 9.68. The van der Waals surface area contributed by atoms with Crippen LogP contribution in [0, 0.1) is 28.8 Å². The summed E-state index contributed by atoms with van der Waals surface area (Å²) in [4.78, 5) is 12.1. The van der Waals surface area contributed by atoms with Gasteiger partial charge in [-0.1, -0.05) is 26.7 Å². The lowest BCUT2D eigenvalue weighted by Crippen LogP contribution is -2.31. The minimum absolute atomic E-state index is 0.0535. The molecule has 0 saturated heterocycles. The zero-order valence-corrected chi connectivity index (χ0v) is 15.4. The van der Waals surface area contributed by atoms with Crippen molar-refractivity contribution in [3.63, 3.8) is 0 Å². The van der Waals surface area contributed by atoms with E-state index < -0.39 is 7.60 Å². The highest BCUT2D eigenvalue weighted by atomic mass is 31.2. The molecule has 0 aromatic carbocycles. The normalized spacial score (nSPS) is 23.0. The lowest BCUT2D eigenvalue weighted by molar-refractivity contribution is -0.126. The van der Waals surface area contributed by atoms with E-state index in [0.29, 0.717) is 32.0 Å². The van der Waals surface area contributed by atoms with Crippen molar-refractivity contribution in [2.24, 2.45) is 17.3 Å². The van der Waals surface area contributed by atoms with Crippen LogP contribution >= 0.6 is 7.60 Å². The number of carbonyl (C=O) groups is 1. The zero-order chi connectivity index (χ0) is 16.8. The maximum absolute atomic E-state index is 12.3. The highest BCUT2D eigenvalue weighted by Gasteiger charge is 2.34. The fourth-order valence-corrected chi connectivity index (χ4v) is 3.97. The number of hydrogen-bond acceptors (Lipinski definition) is 4. The largest absolute Gasteiger partial charge is 0.405 e. The van der Waals surface area contributed by atoms with E-state index in [0.717, 1.165) is 12.8 Å². The molecule has 126 valence electrons. The maximum atomic E-state index is 12.3. The first kappa shape index (κ1) is 19.4. The highest BCUT2D eigenvalue weighted by molar-refractivity contribution is 7.59. The minimum Gasteiger partial charge on any atom is -0.300 e. The van der Waals surface area contributed by atoms with Crippen molar-refractivity contribution >= 4 is 13.4 Å². The molecule has 0 heterocycles. The second-order valence-electron chi connectivity index (χ2n) is 6.83. The molecule has 0 N–H and O–H groups in total. The third-order valence-electron chi connectivity index (χ3n) is 4.15. The van der Waals surface area contributed by atoms with E-state index in [9.17, 15) is 9.36 Å². The van der Waals surface area contributed by atoms with Crippen LogP contribution in [0.25, 0.3) is 0 Å². The van der Waals surface area contributed by atoms with Gasteiger partial charge in [0.25, 0.3) is 0 Å². The van der Waals surface area contributed by atoms with Gasteiger partial charge in [0.2, 0.25) is 0 Å². The molecule has 0 radical (unpaired) electrons. The Morgan fingerprint density at radius 3 is 2.32 bits per heavy atom. The third kappa shape index (κ3) is 5.88. The molecule has 1 aliphatic rings. The zero-order valence-electron chi connectivity index (χ0n) is 14.5. The molecule has 5 heteroatoms. The highest BCUT2D eigenvalue weighted by Crippen LogP contribution is 2.47. The molecule has 2 unspecified atom stereocenters. The SMILES string of the molecule is CCOP(=O)(C#CCC1CC(C(C)(C)C)CCC1=O)OCC. The molecule has 1 saturated carbocycles. The Hall–Kier alpha value is -0.620. The van der Waals surface area contributed by atoms with Gasteiger partial charge in [0.1, 0.15) is 5.78 Å². The van der Waals surface area contributed by atoms with E-state index in [1.54, 1.807) is 13.8 Å². The molecule has 1 aliphatic carbocycles. The fraction of sp³-hybridized carbons (Fsp3) is 0.824. The molecule has 2 atom stereocenters. The van der Waals surface area contributed by atoms with E-state index in [4.69, 9.17) is 9.05 Å². The molecule has 1 fully saturated rings. The van der Waals surface area contributed by atoms with Crippen LogP contribution in [0.1, 0.15) is 60.3 Å². The molecule has 0 bridgehead atoms. The third-order valence-corrected chi connectivity index (χ3v) is 5.78. The molecule has 0 aliphatic heterocycles. The molecule has 22 heavy (non-hydrogen) atoms. The lowest BCUT2D eigenvalue weighted by Gasteiger charge is -2.36. The summed E-state index contributed by atoms with van der Waals surface area (Å²) in [7, 11) is -3.33. The van der Waals surface area contributed by atoms with Crippen molar-refractivity contribution in [1.29, 1.82) is 0 Å². The number of ketones is 1. The summed E-state index contributed by atoms with van der Waals surface area (Å²) in [5.41, 5.74) is 2.83. The van der Waals surface area contributed by atoms with Gasteiger partial charge in [0.15, 0.2) is 0 Å². The summed E-state index contributed by atoms with van der Waals surface area (Å²) in [5, 5.41) is 0. The number of carbonyl (C=O) groups excluding carboxylic acids is 1. The first-order valence-electron chi connectivity index (χ1n) is 8.13. The molecule has 4 nitrogen and oxygen atoms in total. The van der Waals surface area contributed by atoms with Gasteiger partial charge in [-0.05, 0) is 38.0 Å². The van der Waals surface area contributed by atoms with Crippen LogP contribution in [-0.4, -0.2) is 19.0 Å². The van der Waals surface area contributed by atoms with Gasteiger partial charge in [-0.25, -0.2) is 4.57 Å². The van der Waals surface area contributed by atoms with Crippen molar-refractivity contribution in [3.05, 3.63) is 0 Å². The Balaban J connectivity index is 2.71. The van der Waals surface area contributed by atoms with Gasteiger partial charge in [-0.2, -0.15) is 0 Å². The molecule has 0 aromatic heterocycles. The molecular weight excluding hydrogens is 299 g/mol. The van der Waals surface area contributed by atoms with Crippen LogP contribution in [0.15, 0.2) is 0 Å². The molecule has 0 spiro atoms. The van der Waals surface area contributed by atoms with E-state index in [1.807, 2.05) is 0 Å². The Bertz CT molecular complexity index is 471. The smallest absolute Gasteiger partial charge is 0.300 e. The summed E-state index contributed by atoms with van der Waals surface area (Å²) < 4.78 is 22.5. The van der Waals surface area contributed by atoms with Crippen LogP contribution in [-0.2, 0) is 18.4 Å². The first-order valence-corrected chi connectivity index (χ1v) is 9.68. The minimum atomic E-state index is -3.33. The van der Waals surface area contributed by atoms with Crippen LogP contribution in [0.3, 0.4) is 0 Å². The molecule has 0 amide bonds. The Morgan fingerprint density at radius 1 is 1.23 bits per heavy atom. The summed E-state index contributed by atoms with van der Waals surface area (Å²) in [5.74, 6) is 3.64. The van der Waals surface area contributed by atoms with Gasteiger partial charge in [-0.3, -0.25) is 13.8 Å². The van der Waals surface area contributed by atoms with Crippen LogP contribution in [0.2, 0.25) is 0 Å². The number of rotatable bonds is 5. The van der Waals surface area contributed by atoms with Crippen LogP contribution in [0.4, 0.5) is 0 Å². The molecule has 1 rings (SSSR count). The maximum Gasteiger partial charge on any atom is 0.405 e. The van der Waals surface area contributed by atoms with Gasteiger partial charge < -0.3 is 0 Å². The quantitative estimate of drug-likeness (QED) is 0.545. The monoisotopic (exact) mass is 328 g/mol. The van der Waals surface area contributed by atoms with Crippen molar-refractivity contribution in [2.45, 2.75) is 60.3 Å². The topological polar surface area (TPSA) is 52.6 Å². The van der Waals surface area contributed by atoms with Gasteiger partial charge in [0.05, 0.1) is 13.2 Å². The summed E-state index contributed by atoms with van der Waals surface area (Å²) in [6, 6.07) is 0. The van der Waals surface area contributed by atoms with Crippen molar-refractivity contribution in [3.8, 4) is 11.6 Å². The van der Waals surface area contributed by atoms with Crippen molar-refractivity contribution in [1.82, 2.24) is 0 Å². The van der Waals surface area contributed by atoms with Crippen LogP contribution < -0.4 is 0 Å². The van der Waals surface area contributed by atoms with Crippen molar-refractivity contribution < 1.29 is 18.4 Å². The summed E-state index contributed by atoms with van der Waals surface area (Å²) >= 11 is 0. The Labute approximate surface area is 134 Å².